The summed E-state index contributed by atoms with van der Waals surface area (Å²) in [5.74, 6) is 0.852. The van der Waals surface area contributed by atoms with E-state index in [0.717, 1.165) is 25.2 Å². The Morgan fingerprint density at radius 2 is 2.47 bits per heavy atom. The second-order valence-corrected chi connectivity index (χ2v) is 3.69. The molecular formula is C11H13N3O. The van der Waals surface area contributed by atoms with Crippen LogP contribution in [0.2, 0.25) is 0 Å². The first-order valence-electron chi connectivity index (χ1n) is 5.09. The van der Waals surface area contributed by atoms with Gasteiger partial charge in [0.1, 0.15) is 11.9 Å². The number of aromatic nitrogens is 1. The Morgan fingerprint density at radius 1 is 1.60 bits per heavy atom. The fraction of sp³-hybridized carbons (Fsp3) is 0.455. The summed E-state index contributed by atoms with van der Waals surface area (Å²) < 4.78 is 0. The molecule has 4 heteroatoms. The lowest BCUT2D eigenvalue weighted by Gasteiger charge is -2.23. The highest BCUT2D eigenvalue weighted by atomic mass is 16.3. The Bertz CT molecular complexity index is 368. The van der Waals surface area contributed by atoms with Crippen LogP contribution in [-0.2, 0) is 0 Å². The summed E-state index contributed by atoms with van der Waals surface area (Å²) in [6.45, 7) is 1.10. The van der Waals surface area contributed by atoms with Crippen LogP contribution in [0.3, 0.4) is 0 Å². The van der Waals surface area contributed by atoms with Gasteiger partial charge in [-0.25, -0.2) is 4.98 Å². The molecule has 1 aliphatic rings. The van der Waals surface area contributed by atoms with E-state index < -0.39 is 0 Å². The molecule has 4 nitrogen and oxygen atoms in total. The molecular weight excluding hydrogens is 190 g/mol. The van der Waals surface area contributed by atoms with Crippen LogP contribution in [0.15, 0.2) is 18.3 Å². The van der Waals surface area contributed by atoms with E-state index in [1.807, 2.05) is 12.1 Å². The molecule has 2 rings (SSSR count). The Kier molecular flexibility index (Phi) is 2.84. The highest BCUT2D eigenvalue weighted by molar-refractivity contribution is 5.43. The van der Waals surface area contributed by atoms with E-state index in [4.69, 9.17) is 5.26 Å². The van der Waals surface area contributed by atoms with Crippen molar-refractivity contribution >= 4 is 5.82 Å². The van der Waals surface area contributed by atoms with Gasteiger partial charge in [-0.15, -0.1) is 0 Å². The van der Waals surface area contributed by atoms with Gasteiger partial charge in [0.2, 0.25) is 0 Å². The molecule has 78 valence electrons. The normalized spacial score (nSPS) is 20.3. The Labute approximate surface area is 88.8 Å². The van der Waals surface area contributed by atoms with Crippen molar-refractivity contribution in [3.8, 4) is 6.07 Å². The maximum Gasteiger partial charge on any atom is 0.128 e. The fourth-order valence-electron chi connectivity index (χ4n) is 1.95. The Morgan fingerprint density at radius 3 is 3.07 bits per heavy atom. The summed E-state index contributed by atoms with van der Waals surface area (Å²) in [6, 6.07) is 5.82. The molecule has 2 heterocycles. The third-order valence-corrected chi connectivity index (χ3v) is 2.76. The number of nitriles is 1. The maximum absolute atomic E-state index is 9.18. The predicted octanol–water partition coefficient (Wildman–Crippen LogP) is 0.914. The van der Waals surface area contributed by atoms with Crippen molar-refractivity contribution in [3.05, 3.63) is 23.9 Å². The molecule has 0 bridgehead atoms. The molecule has 1 saturated heterocycles. The van der Waals surface area contributed by atoms with Crippen molar-refractivity contribution in [2.24, 2.45) is 0 Å². The van der Waals surface area contributed by atoms with Crippen LogP contribution in [0, 0.1) is 11.3 Å². The zero-order valence-electron chi connectivity index (χ0n) is 8.43. The number of aliphatic hydroxyl groups excluding tert-OH is 1. The van der Waals surface area contributed by atoms with E-state index in [9.17, 15) is 5.11 Å². The minimum atomic E-state index is 0.168. The molecule has 0 aromatic carbocycles. The average molecular weight is 203 g/mol. The minimum absolute atomic E-state index is 0.168. The molecule has 0 amide bonds. The molecule has 15 heavy (non-hydrogen) atoms. The zero-order chi connectivity index (χ0) is 10.7. The molecule has 1 aromatic heterocycles. The van der Waals surface area contributed by atoms with Gasteiger partial charge in [0.25, 0.3) is 0 Å². The topological polar surface area (TPSA) is 60.2 Å². The first-order valence-corrected chi connectivity index (χ1v) is 5.09. The lowest BCUT2D eigenvalue weighted by molar-refractivity contribution is 0.266. The highest BCUT2D eigenvalue weighted by Gasteiger charge is 2.24. The number of pyridine rings is 1. The average Bonchev–Trinajstić information content (AvgIpc) is 2.77. The molecule has 1 atom stereocenters. The number of nitrogens with zero attached hydrogens (tertiary/aromatic N) is 3. The van der Waals surface area contributed by atoms with Crippen molar-refractivity contribution in [2.75, 3.05) is 18.1 Å². The standard InChI is InChI=1S/C11H13N3O/c12-6-9-3-4-11(13-7-9)14-5-1-2-10(14)8-15/h3-4,7,10,15H,1-2,5,8H2. The third kappa shape index (κ3) is 1.92. The largest absolute Gasteiger partial charge is 0.394 e. The summed E-state index contributed by atoms with van der Waals surface area (Å²) in [6.07, 6.45) is 3.67. The second-order valence-electron chi connectivity index (χ2n) is 3.69. The highest BCUT2D eigenvalue weighted by Crippen LogP contribution is 2.23. The number of aliphatic hydroxyl groups is 1. The first kappa shape index (κ1) is 9.94. The van der Waals surface area contributed by atoms with Crippen LogP contribution in [-0.4, -0.2) is 29.3 Å². The maximum atomic E-state index is 9.18. The molecule has 1 aliphatic heterocycles. The van der Waals surface area contributed by atoms with Crippen LogP contribution in [0.25, 0.3) is 0 Å². The molecule has 0 saturated carbocycles. The van der Waals surface area contributed by atoms with E-state index in [0.29, 0.717) is 5.56 Å². The van der Waals surface area contributed by atoms with Crippen molar-refractivity contribution < 1.29 is 5.11 Å². The molecule has 0 radical (unpaired) electrons. The van der Waals surface area contributed by atoms with Gasteiger partial charge in [-0.1, -0.05) is 0 Å². The lowest BCUT2D eigenvalue weighted by atomic mass is 10.2. The third-order valence-electron chi connectivity index (χ3n) is 2.76. The Balaban J connectivity index is 2.19. The SMILES string of the molecule is N#Cc1ccc(N2CCCC2CO)nc1. The first-order chi connectivity index (χ1) is 7.35. The van der Waals surface area contributed by atoms with Crippen LogP contribution in [0.4, 0.5) is 5.82 Å². The summed E-state index contributed by atoms with van der Waals surface area (Å²) in [4.78, 5) is 6.32. The van der Waals surface area contributed by atoms with E-state index in [1.54, 1.807) is 12.3 Å². The monoisotopic (exact) mass is 203 g/mol. The molecule has 1 fully saturated rings. The lowest BCUT2D eigenvalue weighted by Crippen LogP contribution is -2.32. The van der Waals surface area contributed by atoms with E-state index in [1.165, 1.54) is 0 Å². The van der Waals surface area contributed by atoms with Crippen LogP contribution < -0.4 is 4.90 Å². The van der Waals surface area contributed by atoms with E-state index in [2.05, 4.69) is 9.88 Å². The molecule has 0 aliphatic carbocycles. The van der Waals surface area contributed by atoms with E-state index >= 15 is 0 Å². The van der Waals surface area contributed by atoms with Gasteiger partial charge in [-0.05, 0) is 25.0 Å². The number of rotatable bonds is 2. The van der Waals surface area contributed by atoms with Gasteiger partial charge in [-0.3, -0.25) is 0 Å². The van der Waals surface area contributed by atoms with Gasteiger partial charge in [-0.2, -0.15) is 5.26 Å². The number of hydrogen-bond acceptors (Lipinski definition) is 4. The quantitative estimate of drug-likeness (QED) is 0.776. The van der Waals surface area contributed by atoms with Crippen molar-refractivity contribution in [2.45, 2.75) is 18.9 Å². The van der Waals surface area contributed by atoms with Gasteiger partial charge in [0.05, 0.1) is 18.2 Å². The van der Waals surface area contributed by atoms with Gasteiger partial charge in [0, 0.05) is 12.7 Å². The van der Waals surface area contributed by atoms with Crippen LogP contribution in [0.5, 0.6) is 0 Å². The summed E-state index contributed by atoms with van der Waals surface area (Å²) in [5, 5.41) is 17.8. The van der Waals surface area contributed by atoms with Gasteiger partial charge < -0.3 is 10.0 Å². The number of hydrogen-bond donors (Lipinski definition) is 1. The van der Waals surface area contributed by atoms with Gasteiger partial charge in [0.15, 0.2) is 0 Å². The summed E-state index contributed by atoms with van der Waals surface area (Å²) in [5.41, 5.74) is 0.568. The zero-order valence-corrected chi connectivity index (χ0v) is 8.43. The molecule has 1 aromatic rings. The van der Waals surface area contributed by atoms with E-state index in [-0.39, 0.29) is 12.6 Å². The van der Waals surface area contributed by atoms with Crippen molar-refractivity contribution in [3.63, 3.8) is 0 Å². The Hall–Kier alpha value is -1.60. The summed E-state index contributed by atoms with van der Waals surface area (Å²) in [7, 11) is 0. The minimum Gasteiger partial charge on any atom is -0.394 e. The predicted molar refractivity (Wildman–Crippen MR) is 56.4 cm³/mol. The summed E-state index contributed by atoms with van der Waals surface area (Å²) >= 11 is 0. The molecule has 1 unspecified atom stereocenters. The van der Waals surface area contributed by atoms with Gasteiger partial charge >= 0.3 is 0 Å². The van der Waals surface area contributed by atoms with Crippen LogP contribution in [0.1, 0.15) is 18.4 Å². The number of anilines is 1. The second kappa shape index (κ2) is 4.28. The molecule has 0 spiro atoms. The molecule has 1 N–H and O–H groups in total. The van der Waals surface area contributed by atoms with Crippen LogP contribution >= 0.6 is 0 Å². The fourth-order valence-corrected chi connectivity index (χ4v) is 1.95. The van der Waals surface area contributed by atoms with Crippen molar-refractivity contribution in [1.29, 1.82) is 5.26 Å². The van der Waals surface area contributed by atoms with Crippen molar-refractivity contribution in [1.82, 2.24) is 4.98 Å². The smallest absolute Gasteiger partial charge is 0.128 e.